The van der Waals surface area contributed by atoms with E-state index in [2.05, 4.69) is 15.0 Å². The van der Waals surface area contributed by atoms with Gasteiger partial charge in [0.2, 0.25) is 0 Å². The molecular weight excluding hydrogens is 230 g/mol. The summed E-state index contributed by atoms with van der Waals surface area (Å²) in [4.78, 5) is 22.9. The van der Waals surface area contributed by atoms with Crippen LogP contribution in [0.4, 0.5) is 0 Å². The monoisotopic (exact) mass is 239 g/mol. The number of rotatable bonds is 2. The minimum atomic E-state index is 0.355. The number of benzene rings is 1. The zero-order valence-electron chi connectivity index (χ0n) is 9.62. The highest BCUT2D eigenvalue weighted by atomic mass is 16.3. The molecule has 0 spiro atoms. The fourth-order valence-corrected chi connectivity index (χ4v) is 1.79. The maximum absolute atomic E-state index is 10.7. The molecule has 0 unspecified atom stereocenters. The smallest absolute Gasteiger partial charge is 0.192 e. The van der Waals surface area contributed by atoms with Crippen LogP contribution in [0.2, 0.25) is 0 Å². The van der Waals surface area contributed by atoms with Gasteiger partial charge in [0.05, 0.1) is 5.69 Å². The predicted octanol–water partition coefficient (Wildman–Crippen LogP) is 2.41. The number of carbonyl (C=O) groups is 1. The topological polar surface area (TPSA) is 68.9 Å². The zero-order valence-corrected chi connectivity index (χ0v) is 9.62. The van der Waals surface area contributed by atoms with E-state index < -0.39 is 0 Å². The van der Waals surface area contributed by atoms with Crippen molar-refractivity contribution in [3.8, 4) is 11.3 Å². The Morgan fingerprint density at radius 2 is 2.11 bits per heavy atom. The third kappa shape index (κ3) is 1.75. The van der Waals surface area contributed by atoms with Gasteiger partial charge in [-0.15, -0.1) is 0 Å². The fraction of sp³-hybridized carbons (Fsp3) is 0.0769. The van der Waals surface area contributed by atoms with E-state index in [1.54, 1.807) is 13.0 Å². The molecule has 0 saturated carbocycles. The second-order valence-electron chi connectivity index (χ2n) is 3.86. The van der Waals surface area contributed by atoms with Gasteiger partial charge < -0.3 is 4.42 Å². The number of nitrogens with zero attached hydrogens (tertiary/aromatic N) is 3. The Morgan fingerprint density at radius 1 is 1.22 bits per heavy atom. The van der Waals surface area contributed by atoms with Crippen molar-refractivity contribution in [3.05, 3.63) is 42.2 Å². The summed E-state index contributed by atoms with van der Waals surface area (Å²) in [6, 6.07) is 7.24. The second kappa shape index (κ2) is 4.03. The van der Waals surface area contributed by atoms with Crippen LogP contribution < -0.4 is 0 Å². The van der Waals surface area contributed by atoms with Crippen molar-refractivity contribution in [3.63, 3.8) is 0 Å². The van der Waals surface area contributed by atoms with Gasteiger partial charge in [0.25, 0.3) is 0 Å². The minimum absolute atomic E-state index is 0.355. The first-order chi connectivity index (χ1) is 8.76. The minimum Gasteiger partial charge on any atom is -0.441 e. The van der Waals surface area contributed by atoms with E-state index in [1.807, 2.05) is 18.2 Å². The van der Waals surface area contributed by atoms with Gasteiger partial charge in [-0.2, -0.15) is 0 Å². The molecule has 3 rings (SSSR count). The van der Waals surface area contributed by atoms with Crippen molar-refractivity contribution in [1.82, 2.24) is 15.0 Å². The first-order valence-electron chi connectivity index (χ1n) is 5.41. The lowest BCUT2D eigenvalue weighted by atomic mass is 10.1. The molecule has 5 heteroatoms. The van der Waals surface area contributed by atoms with Gasteiger partial charge in [0.15, 0.2) is 17.8 Å². The van der Waals surface area contributed by atoms with Crippen molar-refractivity contribution in [2.75, 3.05) is 0 Å². The molecular formula is C13H9N3O2. The molecule has 0 aliphatic carbocycles. The van der Waals surface area contributed by atoms with Crippen LogP contribution in [0.5, 0.6) is 0 Å². The van der Waals surface area contributed by atoms with E-state index in [9.17, 15) is 4.79 Å². The van der Waals surface area contributed by atoms with Crippen LogP contribution >= 0.6 is 0 Å². The number of aromatic nitrogens is 3. The molecule has 0 radical (unpaired) electrons. The molecule has 2 aromatic heterocycles. The van der Waals surface area contributed by atoms with Crippen molar-refractivity contribution >= 4 is 17.4 Å². The maximum Gasteiger partial charge on any atom is 0.192 e. The van der Waals surface area contributed by atoms with Crippen LogP contribution in [-0.2, 0) is 0 Å². The van der Waals surface area contributed by atoms with Crippen LogP contribution in [0.15, 0.2) is 35.0 Å². The summed E-state index contributed by atoms with van der Waals surface area (Å²) in [6.45, 7) is 1.80. The molecule has 0 bridgehead atoms. The summed E-state index contributed by atoms with van der Waals surface area (Å²) in [5.41, 5.74) is 3.42. The summed E-state index contributed by atoms with van der Waals surface area (Å²) in [5, 5.41) is 0. The lowest BCUT2D eigenvalue weighted by Gasteiger charge is -2.00. The number of fused-ring (bicyclic) bond motifs is 1. The van der Waals surface area contributed by atoms with Gasteiger partial charge in [0.1, 0.15) is 17.5 Å². The number of carbonyl (C=O) groups excluding carboxylic acids is 1. The third-order valence-corrected chi connectivity index (χ3v) is 2.60. The van der Waals surface area contributed by atoms with Crippen molar-refractivity contribution in [2.24, 2.45) is 0 Å². The van der Waals surface area contributed by atoms with Gasteiger partial charge in [-0.3, -0.25) is 4.79 Å². The molecule has 0 atom stereocenters. The Morgan fingerprint density at radius 3 is 2.94 bits per heavy atom. The van der Waals surface area contributed by atoms with Crippen LogP contribution in [0.25, 0.3) is 22.4 Å². The second-order valence-corrected chi connectivity index (χ2v) is 3.86. The average molecular weight is 239 g/mol. The molecule has 18 heavy (non-hydrogen) atoms. The SMILES string of the molecule is Cc1nc2ccc(-c3cc(C=O)ncn3)cc2o1. The Kier molecular flexibility index (Phi) is 2.37. The van der Waals surface area contributed by atoms with E-state index in [4.69, 9.17) is 4.42 Å². The largest absolute Gasteiger partial charge is 0.441 e. The van der Waals surface area contributed by atoms with Gasteiger partial charge in [-0.25, -0.2) is 15.0 Å². The van der Waals surface area contributed by atoms with Gasteiger partial charge >= 0.3 is 0 Å². The average Bonchev–Trinajstić information content (AvgIpc) is 2.77. The predicted molar refractivity (Wildman–Crippen MR) is 65.2 cm³/mol. The number of hydrogen-bond acceptors (Lipinski definition) is 5. The van der Waals surface area contributed by atoms with E-state index in [0.29, 0.717) is 29.1 Å². The van der Waals surface area contributed by atoms with Crippen LogP contribution in [0, 0.1) is 6.92 Å². The number of oxazole rings is 1. The highest BCUT2D eigenvalue weighted by Gasteiger charge is 2.06. The van der Waals surface area contributed by atoms with E-state index in [1.165, 1.54) is 6.33 Å². The van der Waals surface area contributed by atoms with Crippen LogP contribution in [-0.4, -0.2) is 21.2 Å². The fourth-order valence-electron chi connectivity index (χ4n) is 1.79. The molecule has 0 aliphatic rings. The lowest BCUT2D eigenvalue weighted by molar-refractivity contribution is 0.111. The van der Waals surface area contributed by atoms with Gasteiger partial charge in [-0.1, -0.05) is 6.07 Å². The van der Waals surface area contributed by atoms with Crippen molar-refractivity contribution in [2.45, 2.75) is 6.92 Å². The van der Waals surface area contributed by atoms with Crippen LogP contribution in [0.3, 0.4) is 0 Å². The van der Waals surface area contributed by atoms with Crippen LogP contribution in [0.1, 0.15) is 16.4 Å². The number of hydrogen-bond donors (Lipinski definition) is 0. The highest BCUT2D eigenvalue weighted by molar-refractivity contribution is 5.80. The van der Waals surface area contributed by atoms with Crippen molar-refractivity contribution in [1.29, 1.82) is 0 Å². The summed E-state index contributed by atoms with van der Waals surface area (Å²) >= 11 is 0. The first-order valence-corrected chi connectivity index (χ1v) is 5.41. The molecule has 2 heterocycles. The Hall–Kier alpha value is -2.56. The van der Waals surface area contributed by atoms with E-state index in [-0.39, 0.29) is 0 Å². The van der Waals surface area contributed by atoms with Gasteiger partial charge in [0, 0.05) is 12.5 Å². The normalized spacial score (nSPS) is 10.7. The first kappa shape index (κ1) is 10.6. The lowest BCUT2D eigenvalue weighted by Crippen LogP contribution is -1.90. The van der Waals surface area contributed by atoms with E-state index in [0.717, 1.165) is 11.1 Å². The Bertz CT molecular complexity index is 734. The molecule has 0 aliphatic heterocycles. The Balaban J connectivity index is 2.15. The summed E-state index contributed by atoms with van der Waals surface area (Å²) in [7, 11) is 0. The third-order valence-electron chi connectivity index (χ3n) is 2.60. The maximum atomic E-state index is 10.7. The molecule has 0 amide bonds. The number of aryl methyl sites for hydroxylation is 1. The molecule has 5 nitrogen and oxygen atoms in total. The summed E-state index contributed by atoms with van der Waals surface area (Å²) < 4.78 is 5.46. The molecule has 0 saturated heterocycles. The summed E-state index contributed by atoms with van der Waals surface area (Å²) in [6.07, 6.45) is 2.07. The van der Waals surface area contributed by atoms with E-state index >= 15 is 0 Å². The molecule has 1 aromatic carbocycles. The standard InChI is InChI=1S/C13H9N3O2/c1-8-16-11-3-2-9(4-13(11)18-8)12-5-10(6-17)14-7-15-12/h2-7H,1H3. The number of aldehydes is 1. The van der Waals surface area contributed by atoms with Crippen molar-refractivity contribution < 1.29 is 9.21 Å². The highest BCUT2D eigenvalue weighted by Crippen LogP contribution is 2.23. The molecule has 88 valence electrons. The van der Waals surface area contributed by atoms with Gasteiger partial charge in [-0.05, 0) is 18.2 Å². The molecule has 0 fully saturated rings. The summed E-state index contributed by atoms with van der Waals surface area (Å²) in [5.74, 6) is 0.624. The molecule has 3 aromatic rings. The zero-order chi connectivity index (χ0) is 12.5. The molecule has 0 N–H and O–H groups in total. The Labute approximate surface area is 103 Å². The quantitative estimate of drug-likeness (QED) is 0.642.